The van der Waals surface area contributed by atoms with E-state index in [1.165, 1.54) is 33.3 Å². The van der Waals surface area contributed by atoms with Gasteiger partial charge in [-0.1, -0.05) is 91.3 Å². The Labute approximate surface area is 218 Å². The van der Waals surface area contributed by atoms with Gasteiger partial charge in [0.2, 0.25) is 15.5 Å². The fraction of sp³-hybridized carbons (Fsp3) is 0.690. The summed E-state index contributed by atoms with van der Waals surface area (Å²) < 4.78 is 4.96. The van der Waals surface area contributed by atoms with Crippen LogP contribution < -0.4 is 0 Å². The lowest BCUT2D eigenvalue weighted by Crippen LogP contribution is -2.21. The molecule has 34 heavy (non-hydrogen) atoms. The van der Waals surface area contributed by atoms with Crippen molar-refractivity contribution in [1.82, 2.24) is 9.13 Å². The zero-order chi connectivity index (χ0) is 26.5. The van der Waals surface area contributed by atoms with Crippen LogP contribution in [0.25, 0.3) is 5.09 Å². The molecule has 0 N–H and O–H groups in total. The van der Waals surface area contributed by atoms with Crippen LogP contribution >= 0.6 is 21.9 Å². The van der Waals surface area contributed by atoms with Crippen LogP contribution in [0.5, 0.6) is 0 Å². The highest BCUT2D eigenvalue weighted by Gasteiger charge is 2.28. The second-order valence-electron chi connectivity index (χ2n) is 13.4. The van der Waals surface area contributed by atoms with E-state index in [9.17, 15) is 0 Å². The number of imidazole rings is 1. The van der Waals surface area contributed by atoms with Crippen LogP contribution in [0.2, 0.25) is 0 Å². The summed E-state index contributed by atoms with van der Waals surface area (Å²) in [6.07, 6.45) is -0.955. The number of hydrogen-bond acceptors (Lipinski definition) is 0. The smallest absolute Gasteiger partial charge is 0.294 e. The van der Waals surface area contributed by atoms with Gasteiger partial charge in [-0.05, 0) is 63.4 Å². The third kappa shape index (κ3) is 5.86. The molecule has 0 radical (unpaired) electrons. The van der Waals surface area contributed by atoms with Gasteiger partial charge in [-0.15, -0.1) is 0 Å². The molecule has 3 nitrogen and oxygen atoms in total. The molecule has 1 unspecified atom stereocenters. The molecule has 1 aromatic carbocycles. The Morgan fingerprint density at radius 3 is 1.32 bits per heavy atom. The zero-order valence-electron chi connectivity index (χ0n) is 24.5. The molecule has 0 saturated carbocycles. The molecule has 0 saturated heterocycles. The lowest BCUT2D eigenvalue weighted by atomic mass is 9.74. The third-order valence-electron chi connectivity index (χ3n) is 6.65. The van der Waals surface area contributed by atoms with Gasteiger partial charge in [-0.2, -0.15) is 0 Å². The van der Waals surface area contributed by atoms with E-state index in [0.29, 0.717) is 12.1 Å². The van der Waals surface area contributed by atoms with E-state index in [1.807, 2.05) is 0 Å². The van der Waals surface area contributed by atoms with Gasteiger partial charge in [-0.3, -0.25) is 9.13 Å². The van der Waals surface area contributed by atoms with Gasteiger partial charge in [0.1, 0.15) is 0 Å². The Balaban J connectivity index is 3.03. The van der Waals surface area contributed by atoms with Crippen molar-refractivity contribution < 1.29 is 0 Å². The van der Waals surface area contributed by atoms with Crippen molar-refractivity contribution in [1.29, 1.82) is 0 Å². The van der Waals surface area contributed by atoms with Crippen LogP contribution in [0, 0.1) is 19.0 Å². The molecule has 5 heteroatoms. The predicted molar refractivity (Wildman–Crippen MR) is 157 cm³/mol. The maximum Gasteiger partial charge on any atom is 0.294 e. The molecule has 1 aromatic heterocycles. The summed E-state index contributed by atoms with van der Waals surface area (Å²) in [5, 5.41) is 6.85. The Hall–Kier alpha value is -0.990. The van der Waals surface area contributed by atoms with Crippen LogP contribution in [-0.2, 0) is 16.2 Å². The minimum atomic E-state index is -0.955. The molecule has 0 amide bonds. The van der Waals surface area contributed by atoms with Gasteiger partial charge < -0.3 is 5.09 Å². The average Bonchev–Trinajstić information content (AvgIpc) is 2.90. The second-order valence-corrected chi connectivity index (χ2v) is 16.6. The van der Waals surface area contributed by atoms with E-state index in [4.69, 9.17) is 5.09 Å². The highest BCUT2D eigenvalue weighted by molar-refractivity contribution is 9.38. The largest absolute Gasteiger partial charge is 0.460 e. The van der Waals surface area contributed by atoms with Gasteiger partial charge in [0.05, 0.1) is 0 Å². The maximum atomic E-state index is 5.57. The number of halogens is 1. The molecular weight excluding hydrogens is 501 g/mol. The molecule has 0 aliphatic rings. The van der Waals surface area contributed by atoms with Crippen molar-refractivity contribution >= 4 is 27.6 Å². The Morgan fingerprint density at radius 1 is 0.706 bits per heavy atom. The number of hydrogen-bond donors (Lipinski definition) is 0. The van der Waals surface area contributed by atoms with Crippen molar-refractivity contribution in [3.05, 3.63) is 50.5 Å². The lowest BCUT2D eigenvalue weighted by Gasteiger charge is -2.37. The molecule has 192 valence electrons. The molecule has 1 heterocycles. The van der Waals surface area contributed by atoms with Crippen molar-refractivity contribution in [2.45, 2.75) is 132 Å². The number of rotatable bonds is 4. The summed E-state index contributed by atoms with van der Waals surface area (Å²) in [5.41, 5.74) is 7.94. The van der Waals surface area contributed by atoms with E-state index in [-0.39, 0.29) is 16.2 Å². The third-order valence-corrected chi connectivity index (χ3v) is 9.22. The van der Waals surface area contributed by atoms with Crippen LogP contribution in [0.1, 0.15) is 130 Å². The lowest BCUT2D eigenvalue weighted by molar-refractivity contribution is 0.531. The monoisotopic (exact) mass is 549 g/mol. The van der Waals surface area contributed by atoms with Crippen LogP contribution in [0.3, 0.4) is 0 Å². The van der Waals surface area contributed by atoms with Crippen molar-refractivity contribution in [3.8, 4) is 0 Å². The maximum absolute atomic E-state index is 5.57. The molecule has 0 aliphatic carbocycles. The minimum absolute atomic E-state index is 0.0108. The van der Waals surface area contributed by atoms with Gasteiger partial charge in [0.15, 0.2) is 6.40 Å². The van der Waals surface area contributed by atoms with Gasteiger partial charge in [-0.25, -0.2) is 0 Å². The topological polar surface area (TPSA) is 24.0 Å². The van der Waals surface area contributed by atoms with Crippen LogP contribution in [-0.4, -0.2) is 9.13 Å². The molecule has 0 fully saturated rings. The number of benzene rings is 1. The van der Waals surface area contributed by atoms with Gasteiger partial charge in [0.25, 0.3) is 5.20 Å². The van der Waals surface area contributed by atoms with Crippen LogP contribution in [0.15, 0.2) is 12.1 Å². The molecule has 2 rings (SSSR count). The quantitative estimate of drug-likeness (QED) is 0.338. The van der Waals surface area contributed by atoms with Crippen molar-refractivity contribution in [2.75, 3.05) is 0 Å². The van der Waals surface area contributed by atoms with E-state index in [2.05, 4.69) is 141 Å². The summed E-state index contributed by atoms with van der Waals surface area (Å²) in [4.78, 5) is 0. The average molecular weight is 551 g/mol. The van der Waals surface area contributed by atoms with Crippen LogP contribution in [0.4, 0.5) is 5.69 Å². The summed E-state index contributed by atoms with van der Waals surface area (Å²) in [6.45, 7) is 34.4. The molecule has 0 bridgehead atoms. The molecule has 2 aromatic rings. The summed E-state index contributed by atoms with van der Waals surface area (Å²) >= 11 is 4.12. The Kier molecular flexibility index (Phi) is 8.44. The number of nitrogens with zero attached hydrogens (tertiary/aromatic N) is 3. The SMILES string of the molecule is Cc1c(C)n(C(C)C)c(=[P+](Br)[N-]c2c(C(C)(C)C)cc(C(C)(C)C)cc2C(C)(C)C)n1C(C)C. The van der Waals surface area contributed by atoms with Gasteiger partial charge in [0, 0.05) is 23.5 Å². The summed E-state index contributed by atoms with van der Waals surface area (Å²) in [7, 11) is 0. The predicted octanol–water partition coefficient (Wildman–Crippen LogP) is 10.9. The van der Waals surface area contributed by atoms with Gasteiger partial charge >= 0.3 is 0 Å². The van der Waals surface area contributed by atoms with Crippen molar-refractivity contribution in [2.24, 2.45) is 0 Å². The van der Waals surface area contributed by atoms with E-state index >= 15 is 0 Å². The van der Waals surface area contributed by atoms with Crippen molar-refractivity contribution in [3.63, 3.8) is 0 Å². The fourth-order valence-electron chi connectivity index (χ4n) is 4.63. The highest BCUT2D eigenvalue weighted by Crippen LogP contribution is 2.56. The van der Waals surface area contributed by atoms with E-state index in [0.717, 1.165) is 5.69 Å². The molecule has 0 aliphatic heterocycles. The standard InChI is InChI=1S/C29H49BrN3P/c1-18(2)32-20(5)21(6)33(19(3)4)26(32)34(30)31-25-23(28(10,11)12)16-22(27(7,8)9)17-24(25)29(13,14)15/h16-19H,1-15H3. The first-order valence-electron chi connectivity index (χ1n) is 12.7. The minimum Gasteiger partial charge on any atom is -0.460 e. The van der Waals surface area contributed by atoms with E-state index in [1.54, 1.807) is 0 Å². The van der Waals surface area contributed by atoms with E-state index < -0.39 is 6.40 Å². The summed E-state index contributed by atoms with van der Waals surface area (Å²) in [6, 6.07) is 5.58. The first-order chi connectivity index (χ1) is 15.2. The second kappa shape index (κ2) is 9.81. The molecule has 0 spiro atoms. The zero-order valence-corrected chi connectivity index (χ0v) is 27.0. The Morgan fingerprint density at radius 2 is 1.06 bits per heavy atom. The fourth-order valence-corrected chi connectivity index (χ4v) is 7.73. The number of aromatic nitrogens is 2. The molecule has 1 atom stereocenters. The normalized spacial score (nSPS) is 13.8. The first-order valence-corrected chi connectivity index (χ1v) is 16.0. The summed E-state index contributed by atoms with van der Waals surface area (Å²) in [5.74, 6) is 0. The molecular formula is C29H49BrN3P. The Bertz CT molecular complexity index is 1040. The highest BCUT2D eigenvalue weighted by atomic mass is 79.9. The first kappa shape index (κ1) is 29.2.